The standard InChI is InChI=1S/C14H19ClN4/c1-4-12(10(2)3)18-13-7-5-6-11(15)14(13)19-9-16-8-17-19/h5-10,12,18H,4H2,1-3H3. The fraction of sp³-hybridized carbons (Fsp3) is 0.429. The maximum absolute atomic E-state index is 6.30. The minimum Gasteiger partial charge on any atom is -0.380 e. The van der Waals surface area contributed by atoms with Gasteiger partial charge in [0, 0.05) is 6.04 Å². The molecule has 2 rings (SSSR count). The van der Waals surface area contributed by atoms with Gasteiger partial charge in [0.25, 0.3) is 0 Å². The molecule has 4 nitrogen and oxygen atoms in total. The molecule has 19 heavy (non-hydrogen) atoms. The summed E-state index contributed by atoms with van der Waals surface area (Å²) in [7, 11) is 0. The SMILES string of the molecule is CCC(Nc1cccc(Cl)c1-n1cncn1)C(C)C. The van der Waals surface area contributed by atoms with Gasteiger partial charge in [-0.05, 0) is 24.5 Å². The molecule has 1 atom stereocenters. The third kappa shape index (κ3) is 3.07. The lowest BCUT2D eigenvalue weighted by Gasteiger charge is -2.24. The third-order valence-corrected chi connectivity index (χ3v) is 3.53. The van der Waals surface area contributed by atoms with E-state index in [0.717, 1.165) is 17.8 Å². The van der Waals surface area contributed by atoms with Crippen LogP contribution in [-0.4, -0.2) is 20.8 Å². The van der Waals surface area contributed by atoms with Crippen molar-refractivity contribution in [2.75, 3.05) is 5.32 Å². The molecule has 0 radical (unpaired) electrons. The first-order valence-electron chi connectivity index (χ1n) is 6.53. The van der Waals surface area contributed by atoms with E-state index in [0.29, 0.717) is 17.0 Å². The molecule has 1 aromatic carbocycles. The summed E-state index contributed by atoms with van der Waals surface area (Å²) in [5.41, 5.74) is 1.83. The van der Waals surface area contributed by atoms with Gasteiger partial charge in [-0.1, -0.05) is 38.4 Å². The van der Waals surface area contributed by atoms with E-state index in [1.54, 1.807) is 11.0 Å². The predicted octanol–water partition coefficient (Wildman–Crippen LogP) is 3.77. The Labute approximate surface area is 118 Å². The van der Waals surface area contributed by atoms with E-state index < -0.39 is 0 Å². The highest BCUT2D eigenvalue weighted by atomic mass is 35.5. The number of anilines is 1. The van der Waals surface area contributed by atoms with Crippen LogP contribution in [0.2, 0.25) is 5.02 Å². The molecular weight excluding hydrogens is 260 g/mol. The van der Waals surface area contributed by atoms with E-state index in [1.807, 2.05) is 18.2 Å². The second kappa shape index (κ2) is 6.06. The Morgan fingerprint density at radius 3 is 2.74 bits per heavy atom. The summed E-state index contributed by atoms with van der Waals surface area (Å²) in [5.74, 6) is 0.549. The quantitative estimate of drug-likeness (QED) is 0.905. The zero-order valence-corrected chi connectivity index (χ0v) is 12.2. The van der Waals surface area contributed by atoms with E-state index in [2.05, 4.69) is 36.2 Å². The van der Waals surface area contributed by atoms with Gasteiger partial charge in [0.1, 0.15) is 18.3 Å². The van der Waals surface area contributed by atoms with Crippen molar-refractivity contribution >= 4 is 17.3 Å². The fourth-order valence-electron chi connectivity index (χ4n) is 2.13. The van der Waals surface area contributed by atoms with Crippen LogP contribution in [0.4, 0.5) is 5.69 Å². The molecule has 0 spiro atoms. The molecular formula is C14H19ClN4. The van der Waals surface area contributed by atoms with Gasteiger partial charge >= 0.3 is 0 Å². The first-order valence-corrected chi connectivity index (χ1v) is 6.91. The molecule has 0 fully saturated rings. The van der Waals surface area contributed by atoms with Gasteiger partial charge in [-0.3, -0.25) is 0 Å². The Morgan fingerprint density at radius 1 is 1.37 bits per heavy atom. The molecule has 1 aromatic heterocycles. The van der Waals surface area contributed by atoms with Crippen molar-refractivity contribution in [2.45, 2.75) is 33.2 Å². The zero-order chi connectivity index (χ0) is 13.8. The van der Waals surface area contributed by atoms with Gasteiger partial charge in [0.05, 0.1) is 10.7 Å². The van der Waals surface area contributed by atoms with Crippen molar-refractivity contribution in [3.05, 3.63) is 35.9 Å². The second-order valence-corrected chi connectivity index (χ2v) is 5.29. The Hall–Kier alpha value is -1.55. The molecule has 0 saturated carbocycles. The average molecular weight is 279 g/mol. The number of hydrogen-bond donors (Lipinski definition) is 1. The normalized spacial score (nSPS) is 12.7. The molecule has 2 aromatic rings. The maximum Gasteiger partial charge on any atom is 0.138 e. The van der Waals surface area contributed by atoms with E-state index in [4.69, 9.17) is 11.6 Å². The summed E-state index contributed by atoms with van der Waals surface area (Å²) >= 11 is 6.30. The van der Waals surface area contributed by atoms with Crippen molar-refractivity contribution in [1.29, 1.82) is 0 Å². The van der Waals surface area contributed by atoms with E-state index >= 15 is 0 Å². The third-order valence-electron chi connectivity index (χ3n) is 3.22. The summed E-state index contributed by atoms with van der Waals surface area (Å²) in [6.45, 7) is 6.60. The second-order valence-electron chi connectivity index (χ2n) is 4.88. The van der Waals surface area contributed by atoms with E-state index in [-0.39, 0.29) is 0 Å². The number of nitrogens with zero attached hydrogens (tertiary/aromatic N) is 3. The highest BCUT2D eigenvalue weighted by molar-refractivity contribution is 6.33. The predicted molar refractivity (Wildman–Crippen MR) is 78.9 cm³/mol. The summed E-state index contributed by atoms with van der Waals surface area (Å²) in [6, 6.07) is 6.23. The molecule has 0 aliphatic rings. The molecule has 1 heterocycles. The summed E-state index contributed by atoms with van der Waals surface area (Å²) in [4.78, 5) is 3.98. The van der Waals surface area contributed by atoms with Gasteiger partial charge < -0.3 is 5.32 Å². The monoisotopic (exact) mass is 278 g/mol. The molecule has 1 unspecified atom stereocenters. The van der Waals surface area contributed by atoms with Crippen LogP contribution in [0.5, 0.6) is 0 Å². The first kappa shape index (κ1) is 13.9. The number of hydrogen-bond acceptors (Lipinski definition) is 3. The lowest BCUT2D eigenvalue weighted by atomic mass is 10.0. The van der Waals surface area contributed by atoms with Crippen LogP contribution < -0.4 is 5.32 Å². The van der Waals surface area contributed by atoms with Crippen LogP contribution in [0.25, 0.3) is 5.69 Å². The Morgan fingerprint density at radius 2 is 2.16 bits per heavy atom. The minimum atomic E-state index is 0.403. The van der Waals surface area contributed by atoms with Gasteiger partial charge in [0.15, 0.2) is 0 Å². The lowest BCUT2D eigenvalue weighted by Crippen LogP contribution is -2.25. The molecule has 102 valence electrons. The Bertz CT molecular complexity index is 522. The molecule has 5 heteroatoms. The highest BCUT2D eigenvalue weighted by Crippen LogP contribution is 2.29. The number of aromatic nitrogens is 3. The van der Waals surface area contributed by atoms with E-state index in [1.165, 1.54) is 6.33 Å². The highest BCUT2D eigenvalue weighted by Gasteiger charge is 2.15. The topological polar surface area (TPSA) is 42.7 Å². The molecule has 0 aliphatic heterocycles. The summed E-state index contributed by atoms with van der Waals surface area (Å²) < 4.78 is 1.69. The smallest absolute Gasteiger partial charge is 0.138 e. The number of para-hydroxylation sites is 1. The van der Waals surface area contributed by atoms with Crippen LogP contribution >= 0.6 is 11.6 Å². The van der Waals surface area contributed by atoms with E-state index in [9.17, 15) is 0 Å². The van der Waals surface area contributed by atoms with Crippen molar-refractivity contribution in [2.24, 2.45) is 5.92 Å². The summed E-state index contributed by atoms with van der Waals surface area (Å²) in [5, 5.41) is 8.38. The van der Waals surface area contributed by atoms with Crippen LogP contribution in [0.1, 0.15) is 27.2 Å². The average Bonchev–Trinajstić information content (AvgIpc) is 2.89. The first-order chi connectivity index (χ1) is 9.13. The van der Waals surface area contributed by atoms with Crippen LogP contribution in [0, 0.1) is 5.92 Å². The van der Waals surface area contributed by atoms with Crippen LogP contribution in [0.3, 0.4) is 0 Å². The van der Waals surface area contributed by atoms with Crippen LogP contribution in [-0.2, 0) is 0 Å². The van der Waals surface area contributed by atoms with Gasteiger partial charge in [-0.2, -0.15) is 5.10 Å². The maximum atomic E-state index is 6.30. The van der Waals surface area contributed by atoms with Crippen molar-refractivity contribution in [3.8, 4) is 5.69 Å². The number of rotatable bonds is 5. The summed E-state index contributed by atoms with van der Waals surface area (Å²) in [6.07, 6.45) is 4.22. The van der Waals surface area contributed by atoms with Gasteiger partial charge in [-0.15, -0.1) is 0 Å². The Balaban J connectivity index is 2.38. The van der Waals surface area contributed by atoms with Gasteiger partial charge in [-0.25, -0.2) is 9.67 Å². The number of halogens is 1. The largest absolute Gasteiger partial charge is 0.380 e. The van der Waals surface area contributed by atoms with Crippen molar-refractivity contribution in [3.63, 3.8) is 0 Å². The fourth-order valence-corrected chi connectivity index (χ4v) is 2.39. The number of nitrogens with one attached hydrogen (secondary N) is 1. The minimum absolute atomic E-state index is 0.403. The van der Waals surface area contributed by atoms with Crippen LogP contribution in [0.15, 0.2) is 30.9 Å². The van der Waals surface area contributed by atoms with Crippen molar-refractivity contribution in [1.82, 2.24) is 14.8 Å². The number of benzene rings is 1. The molecule has 0 amide bonds. The Kier molecular flexibility index (Phi) is 4.43. The molecule has 0 saturated heterocycles. The van der Waals surface area contributed by atoms with Crippen molar-refractivity contribution < 1.29 is 0 Å². The zero-order valence-electron chi connectivity index (χ0n) is 11.5. The molecule has 1 N–H and O–H groups in total. The molecule has 0 bridgehead atoms. The van der Waals surface area contributed by atoms with Gasteiger partial charge in [0.2, 0.25) is 0 Å². The lowest BCUT2D eigenvalue weighted by molar-refractivity contribution is 0.511. The molecule has 0 aliphatic carbocycles.